The summed E-state index contributed by atoms with van der Waals surface area (Å²) in [6, 6.07) is 25.4. The van der Waals surface area contributed by atoms with Crippen molar-refractivity contribution in [2.24, 2.45) is 11.7 Å². The molecule has 4 nitrogen and oxygen atoms in total. The van der Waals surface area contributed by atoms with E-state index in [4.69, 9.17) is 19.9 Å². The van der Waals surface area contributed by atoms with Crippen LogP contribution < -0.4 is 15.2 Å². The first-order chi connectivity index (χ1) is 13.8. The highest BCUT2D eigenvalue weighted by molar-refractivity contribution is 5.48. The molecule has 0 aliphatic carbocycles. The molecular formula is C24H25NO3. The molecule has 0 amide bonds. The van der Waals surface area contributed by atoms with Gasteiger partial charge in [-0.15, -0.1) is 0 Å². The van der Waals surface area contributed by atoms with E-state index in [2.05, 4.69) is 0 Å². The lowest BCUT2D eigenvalue weighted by atomic mass is 9.87. The maximum absolute atomic E-state index is 6.58. The third-order valence-electron chi connectivity index (χ3n) is 5.07. The first-order valence-electron chi connectivity index (χ1n) is 9.73. The highest BCUT2D eigenvalue weighted by Gasteiger charge is 2.23. The highest BCUT2D eigenvalue weighted by Crippen LogP contribution is 2.38. The third-order valence-corrected chi connectivity index (χ3v) is 5.07. The van der Waals surface area contributed by atoms with Crippen LogP contribution in [-0.4, -0.2) is 13.2 Å². The molecule has 2 N–H and O–H groups in total. The van der Waals surface area contributed by atoms with Crippen LogP contribution in [0.1, 0.15) is 24.4 Å². The van der Waals surface area contributed by atoms with Gasteiger partial charge in [-0.05, 0) is 60.7 Å². The van der Waals surface area contributed by atoms with Gasteiger partial charge >= 0.3 is 0 Å². The van der Waals surface area contributed by atoms with Gasteiger partial charge in [-0.25, -0.2) is 0 Å². The molecular weight excluding hydrogens is 350 g/mol. The predicted octanol–water partition coefficient (Wildman–Crippen LogP) is 5.70. The number of benzene rings is 3. The Morgan fingerprint density at radius 1 is 0.750 bits per heavy atom. The molecule has 0 radical (unpaired) electrons. The minimum absolute atomic E-state index is 0.0483. The summed E-state index contributed by atoms with van der Waals surface area (Å²) in [6.07, 6.45) is 1.97. The summed E-state index contributed by atoms with van der Waals surface area (Å²) in [7, 11) is 0. The van der Waals surface area contributed by atoms with Crippen molar-refractivity contribution >= 4 is 0 Å². The average Bonchev–Trinajstić information content (AvgIpc) is 2.76. The van der Waals surface area contributed by atoms with E-state index in [-0.39, 0.29) is 6.04 Å². The van der Waals surface area contributed by atoms with Crippen molar-refractivity contribution in [3.05, 3.63) is 84.4 Å². The van der Waals surface area contributed by atoms with E-state index in [1.54, 1.807) is 0 Å². The molecule has 1 atom stereocenters. The summed E-state index contributed by atoms with van der Waals surface area (Å²) in [5, 5.41) is 0. The monoisotopic (exact) mass is 375 g/mol. The molecule has 28 heavy (non-hydrogen) atoms. The van der Waals surface area contributed by atoms with Gasteiger partial charge in [-0.1, -0.05) is 42.5 Å². The fourth-order valence-corrected chi connectivity index (χ4v) is 3.47. The molecule has 3 aromatic carbocycles. The number of para-hydroxylation sites is 2. The Morgan fingerprint density at radius 2 is 1.32 bits per heavy atom. The Hall–Kier alpha value is -2.82. The number of hydrogen-bond donors (Lipinski definition) is 1. The minimum Gasteiger partial charge on any atom is -0.453 e. The summed E-state index contributed by atoms with van der Waals surface area (Å²) in [6.45, 7) is 1.56. The number of rotatable bonds is 6. The van der Waals surface area contributed by atoms with E-state index >= 15 is 0 Å². The molecule has 144 valence electrons. The third kappa shape index (κ3) is 4.53. The highest BCUT2D eigenvalue weighted by atomic mass is 16.5. The number of ether oxygens (including phenoxy) is 3. The maximum Gasteiger partial charge on any atom is 0.170 e. The lowest BCUT2D eigenvalue weighted by Crippen LogP contribution is -2.27. The molecule has 1 heterocycles. The van der Waals surface area contributed by atoms with E-state index in [0.717, 1.165) is 43.1 Å². The number of nitrogens with two attached hydrogens (primary N) is 1. The van der Waals surface area contributed by atoms with Crippen LogP contribution in [0.15, 0.2) is 78.9 Å². The van der Waals surface area contributed by atoms with Crippen LogP contribution in [0.5, 0.6) is 23.0 Å². The Morgan fingerprint density at radius 3 is 1.93 bits per heavy atom. The summed E-state index contributed by atoms with van der Waals surface area (Å²) < 4.78 is 17.7. The van der Waals surface area contributed by atoms with Crippen molar-refractivity contribution in [2.45, 2.75) is 18.9 Å². The smallest absolute Gasteiger partial charge is 0.170 e. The minimum atomic E-state index is -0.0483. The zero-order valence-electron chi connectivity index (χ0n) is 15.8. The van der Waals surface area contributed by atoms with Crippen molar-refractivity contribution in [1.29, 1.82) is 0 Å². The van der Waals surface area contributed by atoms with Crippen molar-refractivity contribution < 1.29 is 14.2 Å². The normalized spacial score (nSPS) is 15.8. The molecule has 1 aliphatic heterocycles. The van der Waals surface area contributed by atoms with E-state index in [1.165, 1.54) is 0 Å². The fraction of sp³-hybridized carbons (Fsp3) is 0.250. The molecule has 0 aromatic heterocycles. The molecule has 1 saturated heterocycles. The lowest BCUT2D eigenvalue weighted by Gasteiger charge is -2.28. The first kappa shape index (κ1) is 18.5. The van der Waals surface area contributed by atoms with Gasteiger partial charge in [0.25, 0.3) is 0 Å². The Kier molecular flexibility index (Phi) is 5.90. The van der Waals surface area contributed by atoms with Crippen LogP contribution in [0.4, 0.5) is 0 Å². The quantitative estimate of drug-likeness (QED) is 0.601. The predicted molar refractivity (Wildman–Crippen MR) is 110 cm³/mol. The molecule has 4 heteroatoms. The molecule has 0 spiro atoms. The van der Waals surface area contributed by atoms with Gasteiger partial charge in [-0.3, -0.25) is 0 Å². The summed E-state index contributed by atoms with van der Waals surface area (Å²) >= 11 is 0. The van der Waals surface area contributed by atoms with Gasteiger partial charge in [0.2, 0.25) is 0 Å². The maximum atomic E-state index is 6.58. The van der Waals surface area contributed by atoms with Gasteiger partial charge in [0.15, 0.2) is 11.5 Å². The molecule has 3 aromatic rings. The van der Waals surface area contributed by atoms with E-state index in [1.807, 2.05) is 78.9 Å². The Labute approximate surface area is 165 Å². The van der Waals surface area contributed by atoms with Crippen molar-refractivity contribution in [1.82, 2.24) is 0 Å². The van der Waals surface area contributed by atoms with Gasteiger partial charge in [0.1, 0.15) is 11.5 Å². The number of hydrogen-bond acceptors (Lipinski definition) is 4. The van der Waals surface area contributed by atoms with E-state index in [9.17, 15) is 0 Å². The largest absolute Gasteiger partial charge is 0.453 e. The van der Waals surface area contributed by atoms with Crippen molar-refractivity contribution in [3.8, 4) is 23.0 Å². The lowest BCUT2D eigenvalue weighted by molar-refractivity contribution is 0.0583. The van der Waals surface area contributed by atoms with Crippen LogP contribution in [0.3, 0.4) is 0 Å². The second kappa shape index (κ2) is 8.91. The molecule has 0 bridgehead atoms. The molecule has 4 rings (SSSR count). The molecule has 0 unspecified atom stereocenters. The van der Waals surface area contributed by atoms with Crippen LogP contribution in [0.2, 0.25) is 0 Å². The van der Waals surface area contributed by atoms with Crippen LogP contribution in [0.25, 0.3) is 0 Å². The summed E-state index contributed by atoms with van der Waals surface area (Å²) in [4.78, 5) is 0. The molecule has 1 aliphatic rings. The van der Waals surface area contributed by atoms with Gasteiger partial charge in [-0.2, -0.15) is 0 Å². The van der Waals surface area contributed by atoms with Crippen LogP contribution >= 0.6 is 0 Å². The standard InChI is InChI=1S/C24H25NO3/c25-24(18-13-15-26-16-14-18)19-11-12-22(27-20-7-3-1-4-8-20)23(17-19)28-21-9-5-2-6-10-21/h1-12,17-18,24H,13-16,25H2/t24-/m1/s1. The van der Waals surface area contributed by atoms with E-state index < -0.39 is 0 Å². The molecule has 0 saturated carbocycles. The zero-order chi connectivity index (χ0) is 19.2. The van der Waals surface area contributed by atoms with Crippen LogP contribution in [-0.2, 0) is 4.74 Å². The zero-order valence-corrected chi connectivity index (χ0v) is 15.8. The van der Waals surface area contributed by atoms with Gasteiger partial charge in [0, 0.05) is 19.3 Å². The topological polar surface area (TPSA) is 53.7 Å². The summed E-state index contributed by atoms with van der Waals surface area (Å²) in [5.41, 5.74) is 7.64. The van der Waals surface area contributed by atoms with Crippen molar-refractivity contribution in [3.63, 3.8) is 0 Å². The second-order valence-corrected chi connectivity index (χ2v) is 7.01. The second-order valence-electron chi connectivity index (χ2n) is 7.01. The first-order valence-corrected chi connectivity index (χ1v) is 9.73. The summed E-state index contributed by atoms with van der Waals surface area (Å²) in [5.74, 6) is 3.27. The Balaban J connectivity index is 1.63. The average molecular weight is 375 g/mol. The van der Waals surface area contributed by atoms with Gasteiger partial charge in [0.05, 0.1) is 0 Å². The SMILES string of the molecule is N[C@@H](c1ccc(Oc2ccccc2)c(Oc2ccccc2)c1)C1CCOCC1. The van der Waals surface area contributed by atoms with E-state index in [0.29, 0.717) is 17.4 Å². The van der Waals surface area contributed by atoms with Gasteiger partial charge < -0.3 is 19.9 Å². The van der Waals surface area contributed by atoms with Crippen LogP contribution in [0, 0.1) is 5.92 Å². The fourth-order valence-electron chi connectivity index (χ4n) is 3.47. The molecule has 1 fully saturated rings. The van der Waals surface area contributed by atoms with Crippen molar-refractivity contribution in [2.75, 3.05) is 13.2 Å². The Bertz CT molecular complexity index is 877.